The van der Waals surface area contributed by atoms with E-state index in [1.54, 1.807) is 6.07 Å². The predicted molar refractivity (Wildman–Crippen MR) is 61.3 cm³/mol. The van der Waals surface area contributed by atoms with Crippen molar-refractivity contribution in [1.82, 2.24) is 5.16 Å². The maximum absolute atomic E-state index is 13.3. The fourth-order valence-corrected chi connectivity index (χ4v) is 1.70. The zero-order valence-corrected chi connectivity index (χ0v) is 10.3. The number of hydrogen-bond donors (Lipinski definition) is 1. The fraction of sp³-hybridized carbons (Fsp3) is 0.0909. The van der Waals surface area contributed by atoms with Crippen molar-refractivity contribution in [2.45, 2.75) is 6.92 Å². The van der Waals surface area contributed by atoms with Crippen LogP contribution in [-0.2, 0) is 0 Å². The average molecular weight is 300 g/mol. The Morgan fingerprint density at radius 1 is 1.53 bits per heavy atom. The van der Waals surface area contributed by atoms with Gasteiger partial charge in [0.1, 0.15) is 11.4 Å². The van der Waals surface area contributed by atoms with E-state index in [0.29, 0.717) is 10.0 Å². The summed E-state index contributed by atoms with van der Waals surface area (Å²) >= 11 is 3.02. The van der Waals surface area contributed by atoms with Crippen LogP contribution in [0, 0.1) is 12.7 Å². The van der Waals surface area contributed by atoms with Gasteiger partial charge in [0.25, 0.3) is 0 Å². The number of aromatic carboxylic acids is 1. The van der Waals surface area contributed by atoms with Crippen LogP contribution in [0.15, 0.2) is 27.2 Å². The molecule has 17 heavy (non-hydrogen) atoms. The van der Waals surface area contributed by atoms with Gasteiger partial charge in [-0.1, -0.05) is 5.16 Å². The SMILES string of the molecule is Cc1noc(-c2ccc(Br)c(F)c2)c1C(=O)O. The number of nitrogens with zero attached hydrogens (tertiary/aromatic N) is 1. The lowest BCUT2D eigenvalue weighted by Crippen LogP contribution is -1.99. The molecule has 0 radical (unpaired) electrons. The molecule has 1 heterocycles. The topological polar surface area (TPSA) is 63.3 Å². The standard InChI is InChI=1S/C11H7BrFNO3/c1-5-9(11(15)16)10(17-14-5)6-2-3-7(12)8(13)4-6/h2-4H,1H3,(H,15,16). The molecule has 6 heteroatoms. The van der Waals surface area contributed by atoms with Gasteiger partial charge in [-0.2, -0.15) is 0 Å². The van der Waals surface area contributed by atoms with E-state index in [2.05, 4.69) is 21.1 Å². The van der Waals surface area contributed by atoms with E-state index in [0.717, 1.165) is 0 Å². The highest BCUT2D eigenvalue weighted by Crippen LogP contribution is 2.28. The van der Waals surface area contributed by atoms with Crippen molar-refractivity contribution in [1.29, 1.82) is 0 Å². The Balaban J connectivity index is 2.60. The van der Waals surface area contributed by atoms with E-state index >= 15 is 0 Å². The van der Waals surface area contributed by atoms with Gasteiger partial charge in [0, 0.05) is 5.56 Å². The number of benzene rings is 1. The number of carbonyl (C=O) groups is 1. The third-order valence-electron chi connectivity index (χ3n) is 2.26. The van der Waals surface area contributed by atoms with E-state index in [-0.39, 0.29) is 17.0 Å². The van der Waals surface area contributed by atoms with E-state index in [4.69, 9.17) is 9.63 Å². The van der Waals surface area contributed by atoms with Gasteiger partial charge in [-0.25, -0.2) is 9.18 Å². The molecule has 0 spiro atoms. The van der Waals surface area contributed by atoms with Crippen LogP contribution < -0.4 is 0 Å². The summed E-state index contributed by atoms with van der Waals surface area (Å²) in [6.45, 7) is 1.52. The Labute approximate surface area is 104 Å². The van der Waals surface area contributed by atoms with Crippen molar-refractivity contribution in [2.24, 2.45) is 0 Å². The first-order chi connectivity index (χ1) is 8.00. The highest BCUT2D eigenvalue weighted by atomic mass is 79.9. The van der Waals surface area contributed by atoms with E-state index < -0.39 is 11.8 Å². The van der Waals surface area contributed by atoms with Crippen LogP contribution >= 0.6 is 15.9 Å². The van der Waals surface area contributed by atoms with Crippen LogP contribution in [0.1, 0.15) is 16.1 Å². The molecule has 4 nitrogen and oxygen atoms in total. The predicted octanol–water partition coefficient (Wildman–Crippen LogP) is 3.25. The molecule has 1 aromatic heterocycles. The second-order valence-electron chi connectivity index (χ2n) is 3.41. The minimum Gasteiger partial charge on any atom is -0.477 e. The first-order valence-electron chi connectivity index (χ1n) is 4.65. The van der Waals surface area contributed by atoms with E-state index in [1.165, 1.54) is 19.1 Å². The molecule has 0 atom stereocenters. The minimum absolute atomic E-state index is 0.0493. The maximum Gasteiger partial charge on any atom is 0.341 e. The zero-order valence-electron chi connectivity index (χ0n) is 8.70. The average Bonchev–Trinajstić information content (AvgIpc) is 2.64. The molecule has 1 aromatic carbocycles. The zero-order chi connectivity index (χ0) is 12.6. The van der Waals surface area contributed by atoms with Crippen LogP contribution in [0.4, 0.5) is 4.39 Å². The van der Waals surface area contributed by atoms with Crippen LogP contribution in [-0.4, -0.2) is 16.2 Å². The monoisotopic (exact) mass is 299 g/mol. The van der Waals surface area contributed by atoms with Crippen molar-refractivity contribution in [2.75, 3.05) is 0 Å². The molecule has 0 unspecified atom stereocenters. The molecule has 1 N–H and O–H groups in total. The quantitative estimate of drug-likeness (QED) is 0.924. The Kier molecular flexibility index (Phi) is 2.97. The summed E-state index contributed by atoms with van der Waals surface area (Å²) in [6.07, 6.45) is 0. The van der Waals surface area contributed by atoms with Crippen molar-refractivity contribution in [3.05, 3.63) is 39.7 Å². The van der Waals surface area contributed by atoms with Gasteiger partial charge in [-0.15, -0.1) is 0 Å². The molecule has 0 aliphatic carbocycles. The summed E-state index contributed by atoms with van der Waals surface area (Å²) in [6, 6.07) is 4.23. The molecule has 0 aliphatic rings. The number of rotatable bonds is 2. The van der Waals surface area contributed by atoms with Gasteiger partial charge in [-0.05, 0) is 41.1 Å². The van der Waals surface area contributed by atoms with E-state index in [9.17, 15) is 9.18 Å². The fourth-order valence-electron chi connectivity index (χ4n) is 1.46. The Morgan fingerprint density at radius 3 is 2.82 bits per heavy atom. The van der Waals surface area contributed by atoms with Crippen LogP contribution in [0.3, 0.4) is 0 Å². The number of hydrogen-bond acceptors (Lipinski definition) is 3. The summed E-state index contributed by atoms with van der Waals surface area (Å²) in [5.41, 5.74) is 0.547. The summed E-state index contributed by atoms with van der Waals surface area (Å²) in [7, 11) is 0. The van der Waals surface area contributed by atoms with Crippen LogP contribution in [0.2, 0.25) is 0 Å². The molecule has 0 aliphatic heterocycles. The summed E-state index contributed by atoms with van der Waals surface area (Å²) in [4.78, 5) is 11.0. The van der Waals surface area contributed by atoms with Crippen molar-refractivity contribution < 1.29 is 18.8 Å². The molecule has 0 saturated heterocycles. The number of aromatic nitrogens is 1. The molecule has 2 aromatic rings. The van der Waals surface area contributed by atoms with Crippen LogP contribution in [0.5, 0.6) is 0 Å². The second-order valence-corrected chi connectivity index (χ2v) is 4.26. The largest absolute Gasteiger partial charge is 0.477 e. The third kappa shape index (κ3) is 2.08. The number of carboxylic acid groups (broad SMARTS) is 1. The molecule has 0 saturated carbocycles. The summed E-state index contributed by atoms with van der Waals surface area (Å²) in [5.74, 6) is -1.59. The second kappa shape index (κ2) is 4.29. The third-order valence-corrected chi connectivity index (χ3v) is 2.90. The lowest BCUT2D eigenvalue weighted by molar-refractivity contribution is 0.0696. The molecular formula is C11H7BrFNO3. The van der Waals surface area contributed by atoms with Crippen molar-refractivity contribution in [3.8, 4) is 11.3 Å². The minimum atomic E-state index is -1.15. The van der Waals surface area contributed by atoms with Gasteiger partial charge in [0.05, 0.1) is 10.2 Å². The van der Waals surface area contributed by atoms with Crippen LogP contribution in [0.25, 0.3) is 11.3 Å². The van der Waals surface area contributed by atoms with Gasteiger partial charge in [0.15, 0.2) is 5.76 Å². The Bertz CT molecular complexity index is 594. The molecule has 2 rings (SSSR count). The summed E-state index contributed by atoms with van der Waals surface area (Å²) < 4.78 is 18.6. The van der Waals surface area contributed by atoms with E-state index in [1.807, 2.05) is 0 Å². The van der Waals surface area contributed by atoms with Gasteiger partial charge in [-0.3, -0.25) is 0 Å². The molecule has 0 bridgehead atoms. The molecule has 0 fully saturated rings. The Hall–Kier alpha value is -1.69. The number of halogens is 2. The lowest BCUT2D eigenvalue weighted by Gasteiger charge is -2.00. The van der Waals surface area contributed by atoms with Crippen molar-refractivity contribution in [3.63, 3.8) is 0 Å². The van der Waals surface area contributed by atoms with Crippen molar-refractivity contribution >= 4 is 21.9 Å². The molecule has 88 valence electrons. The number of carboxylic acids is 1. The highest BCUT2D eigenvalue weighted by molar-refractivity contribution is 9.10. The normalized spacial score (nSPS) is 10.5. The maximum atomic E-state index is 13.3. The Morgan fingerprint density at radius 2 is 2.24 bits per heavy atom. The van der Waals surface area contributed by atoms with Gasteiger partial charge in [0.2, 0.25) is 0 Å². The summed E-state index contributed by atoms with van der Waals surface area (Å²) in [5, 5.41) is 12.6. The first kappa shape index (κ1) is 11.8. The number of aryl methyl sites for hydroxylation is 1. The molecule has 0 amide bonds. The van der Waals surface area contributed by atoms with Gasteiger partial charge < -0.3 is 9.63 Å². The smallest absolute Gasteiger partial charge is 0.341 e. The highest BCUT2D eigenvalue weighted by Gasteiger charge is 2.21. The first-order valence-corrected chi connectivity index (χ1v) is 5.45. The van der Waals surface area contributed by atoms with Gasteiger partial charge >= 0.3 is 5.97 Å². The lowest BCUT2D eigenvalue weighted by atomic mass is 10.1. The molecular weight excluding hydrogens is 293 g/mol.